The molecule has 0 aliphatic carbocycles. The lowest BCUT2D eigenvalue weighted by Gasteiger charge is -2.44. The average Bonchev–Trinajstić information content (AvgIpc) is 3.24. The SMILES string of the molecule is Cc1ccccc1CC(C)([IH+])c1ccccc1.Fc1c(F)c(F)c([B-](c2c(F)c(F)c(F)c(F)c2F)(c2c(F)c(F)c(F)c(F)c2F)c2c(F)c(F)c(F)c(F)c2F)c(F)c1F. The Morgan fingerprint density at radius 3 is 0.839 bits per heavy atom. The fourth-order valence-electron chi connectivity index (χ4n) is 6.94. The predicted molar refractivity (Wildman–Crippen MR) is 179 cm³/mol. The van der Waals surface area contributed by atoms with Gasteiger partial charge in [0.1, 0.15) is 52.7 Å². The first kappa shape index (κ1) is 47.8. The summed E-state index contributed by atoms with van der Waals surface area (Å²) < 4.78 is 294. The number of aryl methyl sites for hydroxylation is 1. The maximum absolute atomic E-state index is 15.4. The van der Waals surface area contributed by atoms with E-state index in [9.17, 15) is 52.7 Å². The van der Waals surface area contributed by atoms with Crippen LogP contribution in [0.2, 0.25) is 0 Å². The lowest BCUT2D eigenvalue weighted by molar-refractivity contribution is -0.481. The molecule has 0 nitrogen and oxygen atoms in total. The molecule has 0 heterocycles. The molecule has 6 aromatic rings. The summed E-state index contributed by atoms with van der Waals surface area (Å²) in [5, 5.41) is 0. The molecule has 0 spiro atoms. The van der Waals surface area contributed by atoms with Crippen molar-refractivity contribution in [3.8, 4) is 0 Å². The van der Waals surface area contributed by atoms with Crippen molar-refractivity contribution in [1.29, 1.82) is 0 Å². The Morgan fingerprint density at radius 1 is 0.355 bits per heavy atom. The zero-order chi connectivity index (χ0) is 46.7. The van der Waals surface area contributed by atoms with Crippen LogP contribution >= 0.6 is 0 Å². The molecule has 0 aliphatic rings. The van der Waals surface area contributed by atoms with Crippen molar-refractivity contribution in [1.82, 2.24) is 0 Å². The standard InChI is InChI=1S/C24BF20.C16H18I/c26-5-1(6(27)14(35)21(42)13(5)34)25(2-7(28)15(36)22(43)16(37)8(2)29,3-9(30)17(38)23(44)18(39)10(3)31)4-11(32)19(40)24(45)20(41)12(4)33;1-13-8-6-7-9-14(13)12-16(2,17)15-10-4-3-5-11-15/h;3-11,17H,12H2,1-2H3/q-1;+1. The molecular formula is C40H18BF20I. The molecule has 0 saturated heterocycles. The molecule has 62 heavy (non-hydrogen) atoms. The second-order valence-electron chi connectivity index (χ2n) is 13.5. The zero-order valence-electron chi connectivity index (χ0n) is 30.4. The van der Waals surface area contributed by atoms with Crippen LogP contribution in [0.1, 0.15) is 23.6 Å². The molecule has 328 valence electrons. The summed E-state index contributed by atoms with van der Waals surface area (Å²) in [5.74, 6) is -71.4. The van der Waals surface area contributed by atoms with Crippen LogP contribution in [0.4, 0.5) is 87.8 Å². The minimum absolute atomic E-state index is 0.198. The fraction of sp³-hybridized carbons (Fsp3) is 0.100. The van der Waals surface area contributed by atoms with Crippen LogP contribution in [-0.2, 0) is 9.84 Å². The van der Waals surface area contributed by atoms with Crippen molar-refractivity contribution in [3.63, 3.8) is 0 Å². The van der Waals surface area contributed by atoms with Crippen LogP contribution in [0, 0.1) is 123 Å². The third kappa shape index (κ3) is 7.54. The molecule has 6 rings (SSSR count). The molecule has 0 amide bonds. The van der Waals surface area contributed by atoms with E-state index in [1.165, 1.54) is 16.7 Å². The molecule has 0 aliphatic heterocycles. The van der Waals surface area contributed by atoms with Gasteiger partial charge in [0.05, 0.1) is 0 Å². The normalized spacial score (nSPS) is 12.6. The molecule has 0 bridgehead atoms. The second kappa shape index (κ2) is 17.5. The highest BCUT2D eigenvalue weighted by Gasteiger charge is 2.52. The van der Waals surface area contributed by atoms with Crippen molar-refractivity contribution < 1.29 is 110 Å². The van der Waals surface area contributed by atoms with Gasteiger partial charge in [-0.25, -0.2) is 87.8 Å². The third-order valence-electron chi connectivity index (χ3n) is 9.88. The Morgan fingerprint density at radius 2 is 0.581 bits per heavy atom. The van der Waals surface area contributed by atoms with Gasteiger partial charge < -0.3 is 0 Å². The van der Waals surface area contributed by atoms with E-state index >= 15 is 35.1 Å². The number of hydrogen-bond donors (Lipinski definition) is 0. The fourth-order valence-corrected chi connectivity index (χ4v) is 7.77. The summed E-state index contributed by atoms with van der Waals surface area (Å²) in [6.45, 7) is 4.51. The van der Waals surface area contributed by atoms with E-state index in [0.29, 0.717) is 0 Å². The summed E-state index contributed by atoms with van der Waals surface area (Å²) in [6.07, 6.45) is -6.13. The molecule has 0 aromatic heterocycles. The predicted octanol–water partition coefficient (Wildman–Crippen LogP) is 6.58. The van der Waals surface area contributed by atoms with Crippen LogP contribution in [-0.4, -0.2) is 6.15 Å². The summed E-state index contributed by atoms with van der Waals surface area (Å²) in [4.78, 5) is 0. The maximum Gasteiger partial charge on any atom is 0.264 e. The highest BCUT2D eigenvalue weighted by atomic mass is 127. The van der Waals surface area contributed by atoms with Crippen LogP contribution < -0.4 is 44.4 Å². The topological polar surface area (TPSA) is 0 Å². The second-order valence-corrected chi connectivity index (χ2v) is 16.1. The van der Waals surface area contributed by atoms with Gasteiger partial charge in [-0.05, 0) is 25.0 Å². The minimum Gasteiger partial charge on any atom is -0.207 e. The highest BCUT2D eigenvalue weighted by molar-refractivity contribution is 7.20. The van der Waals surface area contributed by atoms with Crippen molar-refractivity contribution >= 4 is 28.0 Å². The molecule has 22 heteroatoms. The van der Waals surface area contributed by atoms with Crippen LogP contribution in [0.15, 0.2) is 54.6 Å². The first-order valence-electron chi connectivity index (χ1n) is 16.8. The third-order valence-corrected chi connectivity index (χ3v) is 11.0. The Kier molecular flexibility index (Phi) is 13.5. The number of alkyl halides is 1. The van der Waals surface area contributed by atoms with Crippen molar-refractivity contribution in [2.45, 2.75) is 23.7 Å². The first-order valence-corrected chi connectivity index (χ1v) is 18.0. The molecular weight excluding hydrogens is 998 g/mol. The number of hydrogen-bond acceptors (Lipinski definition) is 0. The zero-order valence-corrected chi connectivity index (χ0v) is 32.8. The quantitative estimate of drug-likeness (QED) is 0.0424. The van der Waals surface area contributed by atoms with Crippen LogP contribution in [0.5, 0.6) is 0 Å². The van der Waals surface area contributed by atoms with Crippen molar-refractivity contribution in [2.75, 3.05) is 0 Å². The Labute approximate surface area is 348 Å². The van der Waals surface area contributed by atoms with Crippen molar-refractivity contribution in [2.24, 2.45) is 0 Å². The largest absolute Gasteiger partial charge is 0.264 e. The van der Waals surface area contributed by atoms with Gasteiger partial charge >= 0.3 is 0 Å². The molecule has 0 fully saturated rings. The minimum atomic E-state index is -7.22. The van der Waals surface area contributed by atoms with Crippen LogP contribution in [0.3, 0.4) is 0 Å². The Balaban J connectivity index is 0.000000355. The van der Waals surface area contributed by atoms with Gasteiger partial charge in [0.15, 0.2) is 73.2 Å². The van der Waals surface area contributed by atoms with E-state index < -0.39 is 144 Å². The molecule has 1 unspecified atom stereocenters. The van der Waals surface area contributed by atoms with E-state index in [1.54, 1.807) is 0 Å². The summed E-state index contributed by atoms with van der Waals surface area (Å²) in [6, 6.07) is 19.4. The number of halogens is 21. The number of benzene rings is 6. The Bertz CT molecular complexity index is 2380. The van der Waals surface area contributed by atoms with Gasteiger partial charge in [-0.3, -0.25) is 0 Å². The van der Waals surface area contributed by atoms with Crippen LogP contribution in [0.25, 0.3) is 0 Å². The summed E-state index contributed by atoms with van der Waals surface area (Å²) >= 11 is 2.23. The van der Waals surface area contributed by atoms with E-state index in [0.717, 1.165) is 6.42 Å². The average molecular weight is 1020 g/mol. The van der Waals surface area contributed by atoms with Gasteiger partial charge in [0.2, 0.25) is 0 Å². The van der Waals surface area contributed by atoms with E-state index in [1.807, 2.05) is 0 Å². The van der Waals surface area contributed by atoms with Gasteiger partial charge in [0, 0.05) is 12.0 Å². The van der Waals surface area contributed by atoms with E-state index in [2.05, 4.69) is 91.0 Å². The molecule has 6 aromatic carbocycles. The monoisotopic (exact) mass is 1020 g/mol. The molecule has 0 N–H and O–H groups in total. The summed E-state index contributed by atoms with van der Waals surface area (Å²) in [7, 11) is 0. The smallest absolute Gasteiger partial charge is 0.207 e. The maximum atomic E-state index is 15.4. The van der Waals surface area contributed by atoms with Gasteiger partial charge in [-0.2, -0.15) is 0 Å². The lowest BCUT2D eigenvalue weighted by atomic mass is 9.12. The van der Waals surface area contributed by atoms with Crippen molar-refractivity contribution in [3.05, 3.63) is 188 Å². The lowest BCUT2D eigenvalue weighted by Crippen LogP contribution is -3.41. The van der Waals surface area contributed by atoms with Gasteiger partial charge in [-0.1, -0.05) is 54.6 Å². The first-order chi connectivity index (χ1) is 28.8. The highest BCUT2D eigenvalue weighted by Crippen LogP contribution is 2.31. The molecule has 0 saturated carbocycles. The molecule has 1 atom stereocenters. The van der Waals surface area contributed by atoms with E-state index in [-0.39, 0.29) is 3.42 Å². The number of rotatable bonds is 7. The van der Waals surface area contributed by atoms with E-state index in [4.69, 9.17) is 0 Å². The molecule has 0 radical (unpaired) electrons. The summed E-state index contributed by atoms with van der Waals surface area (Å²) in [5.41, 5.74) is -10.1. The van der Waals surface area contributed by atoms with Gasteiger partial charge in [0.25, 0.3) is 22.6 Å². The Hall–Kier alpha value is -5.29. The van der Waals surface area contributed by atoms with Gasteiger partial charge in [-0.15, -0.1) is 21.9 Å².